The maximum absolute atomic E-state index is 13.4. The second-order valence-corrected chi connectivity index (χ2v) is 8.04. The van der Waals surface area contributed by atoms with Crippen molar-refractivity contribution in [3.63, 3.8) is 0 Å². The Morgan fingerprint density at radius 3 is 2.61 bits per heavy atom. The molecule has 1 aliphatic heterocycles. The van der Waals surface area contributed by atoms with E-state index in [1.807, 2.05) is 30.3 Å². The molecule has 0 spiro atoms. The summed E-state index contributed by atoms with van der Waals surface area (Å²) in [5, 5.41) is 5.75. The second-order valence-electron chi connectivity index (χ2n) is 8.04. The summed E-state index contributed by atoms with van der Waals surface area (Å²) < 4.78 is 21.1. The number of alkyl carbamates (subject to hydrolysis) is 1. The molecule has 11 nitrogen and oxygen atoms in total. The van der Waals surface area contributed by atoms with Crippen LogP contribution in [0.15, 0.2) is 59.5 Å². The first-order chi connectivity index (χ1) is 17.4. The van der Waals surface area contributed by atoms with Crippen LogP contribution in [0.2, 0.25) is 0 Å². The lowest BCUT2D eigenvalue weighted by Crippen LogP contribution is -2.64. The molecule has 0 bridgehead atoms. The fourth-order valence-electron chi connectivity index (χ4n) is 4.04. The van der Waals surface area contributed by atoms with Crippen LogP contribution >= 0.6 is 0 Å². The Bertz CT molecular complexity index is 1250. The van der Waals surface area contributed by atoms with Crippen LogP contribution in [0.25, 0.3) is 11.3 Å². The summed E-state index contributed by atoms with van der Waals surface area (Å²) in [4.78, 5) is 43.8. The first-order valence-electron chi connectivity index (χ1n) is 11.1. The molecule has 0 radical (unpaired) electrons. The monoisotopic (exact) mass is 494 g/mol. The van der Waals surface area contributed by atoms with Gasteiger partial charge in [0, 0.05) is 26.1 Å². The Hall–Kier alpha value is -4.54. The number of anilines is 1. The van der Waals surface area contributed by atoms with Gasteiger partial charge in [0.15, 0.2) is 12.2 Å². The van der Waals surface area contributed by atoms with Crippen LogP contribution in [0, 0.1) is 0 Å². The van der Waals surface area contributed by atoms with Gasteiger partial charge in [-0.1, -0.05) is 30.3 Å². The number of rotatable bonds is 8. The van der Waals surface area contributed by atoms with Crippen molar-refractivity contribution in [1.29, 1.82) is 0 Å². The van der Waals surface area contributed by atoms with Crippen LogP contribution in [0.5, 0.6) is 5.75 Å². The number of fused-ring (bicyclic) bond motifs is 1. The van der Waals surface area contributed by atoms with Crippen molar-refractivity contribution in [3.05, 3.63) is 66.2 Å². The highest BCUT2D eigenvalue weighted by Gasteiger charge is 2.50. The Kier molecular flexibility index (Phi) is 7.09. The highest BCUT2D eigenvalue weighted by molar-refractivity contribution is 6.07. The highest BCUT2D eigenvalue weighted by atomic mass is 16.5. The largest absolute Gasteiger partial charge is 0.496 e. The number of methoxy groups -OCH3 is 2. The van der Waals surface area contributed by atoms with Gasteiger partial charge in [0.05, 0.1) is 37.2 Å². The number of likely N-dealkylation sites (N-methyl/N-ethyl adjacent to an activating group) is 1. The number of benzene rings is 2. The van der Waals surface area contributed by atoms with E-state index in [1.165, 1.54) is 38.8 Å². The Balaban J connectivity index is 1.54. The van der Waals surface area contributed by atoms with Gasteiger partial charge in [-0.05, 0) is 11.6 Å². The smallest absolute Gasteiger partial charge is 0.407 e. The number of nitrogens with one attached hydrogen (secondary N) is 2. The molecule has 36 heavy (non-hydrogen) atoms. The van der Waals surface area contributed by atoms with Crippen LogP contribution < -0.4 is 15.4 Å². The van der Waals surface area contributed by atoms with Crippen LogP contribution in [0.4, 0.5) is 10.5 Å². The van der Waals surface area contributed by atoms with E-state index in [0.29, 0.717) is 28.3 Å². The van der Waals surface area contributed by atoms with Crippen molar-refractivity contribution in [2.24, 2.45) is 0 Å². The molecule has 1 aliphatic rings. The molecular formula is C25H26N4O7. The molecule has 11 heteroatoms. The van der Waals surface area contributed by atoms with E-state index in [1.54, 1.807) is 12.1 Å². The normalized spacial score (nSPS) is 16.5. The van der Waals surface area contributed by atoms with Crippen molar-refractivity contribution in [2.45, 2.75) is 18.7 Å². The fraction of sp³-hybridized carbons (Fsp3) is 0.280. The summed E-state index contributed by atoms with van der Waals surface area (Å²) in [6, 6.07) is 12.5. The number of amides is 2. The molecule has 4 rings (SSSR count). The summed E-state index contributed by atoms with van der Waals surface area (Å²) >= 11 is 0. The minimum atomic E-state index is -1.58. The third-order valence-corrected chi connectivity index (χ3v) is 5.98. The fourth-order valence-corrected chi connectivity index (χ4v) is 4.04. The minimum absolute atomic E-state index is 0.00790. The molecule has 0 saturated carbocycles. The average Bonchev–Trinajstić information content (AvgIpc) is 3.44. The summed E-state index contributed by atoms with van der Waals surface area (Å²) in [7, 11) is 4.20. The van der Waals surface area contributed by atoms with E-state index in [4.69, 9.17) is 18.6 Å². The quantitative estimate of drug-likeness (QED) is 0.454. The SMILES string of the molecule is COC(=O)C1(CCNC(=O)OCc2ccccc2)Nc2cc(OC)c(-c3cnco3)cc2C(=O)N1C. The Morgan fingerprint density at radius 1 is 1.17 bits per heavy atom. The average molecular weight is 495 g/mol. The van der Waals surface area contributed by atoms with Crippen molar-refractivity contribution in [2.75, 3.05) is 33.1 Å². The molecule has 0 fully saturated rings. The Morgan fingerprint density at radius 2 is 1.94 bits per heavy atom. The molecule has 1 unspecified atom stereocenters. The lowest BCUT2D eigenvalue weighted by molar-refractivity contribution is -0.151. The lowest BCUT2D eigenvalue weighted by atomic mass is 9.94. The zero-order valence-electron chi connectivity index (χ0n) is 20.1. The molecular weight excluding hydrogens is 468 g/mol. The van der Waals surface area contributed by atoms with Crippen LogP contribution in [0.1, 0.15) is 22.3 Å². The summed E-state index contributed by atoms with van der Waals surface area (Å²) in [5.74, 6) is -0.282. The van der Waals surface area contributed by atoms with E-state index in [-0.39, 0.29) is 19.6 Å². The van der Waals surface area contributed by atoms with Gasteiger partial charge >= 0.3 is 12.1 Å². The van der Waals surface area contributed by atoms with Gasteiger partial charge in [-0.25, -0.2) is 14.6 Å². The second kappa shape index (κ2) is 10.4. The zero-order valence-corrected chi connectivity index (χ0v) is 20.1. The molecule has 2 N–H and O–H groups in total. The van der Waals surface area contributed by atoms with E-state index in [0.717, 1.165) is 5.56 Å². The van der Waals surface area contributed by atoms with Crippen LogP contribution in [0.3, 0.4) is 0 Å². The minimum Gasteiger partial charge on any atom is -0.496 e. The number of nitrogens with zero attached hydrogens (tertiary/aromatic N) is 2. The van der Waals surface area contributed by atoms with Gasteiger partial charge < -0.3 is 34.2 Å². The van der Waals surface area contributed by atoms with Gasteiger partial charge in [0.1, 0.15) is 12.4 Å². The standard InChI is InChI=1S/C25H26N4O7/c1-29-22(30)17-11-18(21-13-26-15-36-21)20(33-2)12-19(17)28-25(29,23(31)34-3)9-10-27-24(32)35-14-16-7-5-4-6-8-16/h4-8,11-13,15,28H,9-10,14H2,1-3H3,(H,27,32). The molecule has 2 aromatic carbocycles. The number of aromatic nitrogens is 1. The molecule has 1 aromatic heterocycles. The number of carbonyl (C=O) groups is 3. The molecule has 2 amide bonds. The molecule has 1 atom stereocenters. The number of carbonyl (C=O) groups excluding carboxylic acids is 3. The number of oxazole rings is 1. The van der Waals surface area contributed by atoms with Gasteiger partial charge in [-0.3, -0.25) is 4.79 Å². The summed E-state index contributed by atoms with van der Waals surface area (Å²) in [6.07, 6.45) is 2.15. The number of hydrogen-bond acceptors (Lipinski definition) is 9. The van der Waals surface area contributed by atoms with Crippen molar-refractivity contribution >= 4 is 23.7 Å². The number of hydrogen-bond donors (Lipinski definition) is 2. The molecule has 188 valence electrons. The highest BCUT2D eigenvalue weighted by Crippen LogP contribution is 2.40. The van der Waals surface area contributed by atoms with Gasteiger partial charge in [0.25, 0.3) is 5.91 Å². The van der Waals surface area contributed by atoms with Gasteiger partial charge in [0.2, 0.25) is 5.66 Å². The lowest BCUT2D eigenvalue weighted by Gasteiger charge is -2.44. The molecule has 2 heterocycles. The van der Waals surface area contributed by atoms with E-state index in [2.05, 4.69) is 15.6 Å². The van der Waals surface area contributed by atoms with Crippen molar-refractivity contribution in [3.8, 4) is 17.1 Å². The van der Waals surface area contributed by atoms with Gasteiger partial charge in [-0.2, -0.15) is 0 Å². The first-order valence-corrected chi connectivity index (χ1v) is 11.1. The number of esters is 1. The first kappa shape index (κ1) is 24.6. The van der Waals surface area contributed by atoms with E-state index < -0.39 is 23.6 Å². The third kappa shape index (κ3) is 4.67. The van der Waals surface area contributed by atoms with Crippen molar-refractivity contribution in [1.82, 2.24) is 15.2 Å². The zero-order chi connectivity index (χ0) is 25.7. The number of ether oxygens (including phenoxy) is 3. The van der Waals surface area contributed by atoms with Crippen molar-refractivity contribution < 1.29 is 33.0 Å². The maximum Gasteiger partial charge on any atom is 0.407 e. The van der Waals surface area contributed by atoms with Gasteiger partial charge in [-0.15, -0.1) is 0 Å². The maximum atomic E-state index is 13.4. The predicted octanol–water partition coefficient (Wildman–Crippen LogP) is 3.03. The van der Waals surface area contributed by atoms with Crippen LogP contribution in [-0.4, -0.2) is 61.3 Å². The summed E-state index contributed by atoms with van der Waals surface area (Å²) in [6.45, 7) is 0.127. The predicted molar refractivity (Wildman–Crippen MR) is 128 cm³/mol. The molecule has 3 aromatic rings. The third-order valence-electron chi connectivity index (χ3n) is 5.98. The summed E-state index contributed by atoms with van der Waals surface area (Å²) in [5.41, 5.74) is 0.471. The topological polar surface area (TPSA) is 132 Å². The van der Waals surface area contributed by atoms with E-state index in [9.17, 15) is 14.4 Å². The Labute approximate surface area is 207 Å². The van der Waals surface area contributed by atoms with E-state index >= 15 is 0 Å². The molecule has 0 aliphatic carbocycles. The van der Waals surface area contributed by atoms with Crippen LogP contribution in [-0.2, 0) is 20.9 Å². The molecule has 0 saturated heterocycles.